The van der Waals surface area contributed by atoms with Crippen molar-refractivity contribution in [2.45, 2.75) is 6.92 Å². The van der Waals surface area contributed by atoms with Gasteiger partial charge < -0.3 is 4.74 Å². The molecule has 1 radical (unpaired) electrons. The zero-order valence-electron chi connectivity index (χ0n) is 9.19. The second kappa shape index (κ2) is 4.86. The molecular weight excluding hydrogens is 232 g/mol. The lowest BCUT2D eigenvalue weighted by Crippen LogP contribution is -2.06. The van der Waals surface area contributed by atoms with Gasteiger partial charge in [0.15, 0.2) is 0 Å². The van der Waals surface area contributed by atoms with E-state index >= 15 is 0 Å². The van der Waals surface area contributed by atoms with Crippen LogP contribution in [0.2, 0.25) is 0 Å². The van der Waals surface area contributed by atoms with Crippen LogP contribution in [0.5, 0.6) is 5.75 Å². The minimum absolute atomic E-state index is 0.370. The van der Waals surface area contributed by atoms with Gasteiger partial charge in [-0.15, -0.1) is 11.3 Å². The third-order valence-corrected chi connectivity index (χ3v) is 3.15. The summed E-state index contributed by atoms with van der Waals surface area (Å²) in [5.41, 5.74) is 1.63. The molecule has 1 heterocycles. The van der Waals surface area contributed by atoms with Crippen LogP contribution in [0.25, 0.3) is 0 Å². The van der Waals surface area contributed by atoms with Gasteiger partial charge in [-0.3, -0.25) is 0 Å². The van der Waals surface area contributed by atoms with Crippen molar-refractivity contribution in [3.8, 4) is 11.7 Å². The first-order valence-electron chi connectivity index (χ1n) is 4.99. The van der Waals surface area contributed by atoms with E-state index in [9.17, 15) is 4.79 Å². The molecule has 0 amide bonds. The lowest BCUT2D eigenvalue weighted by Gasteiger charge is -2.02. The van der Waals surface area contributed by atoms with Crippen molar-refractivity contribution in [1.29, 1.82) is 0 Å². The summed E-state index contributed by atoms with van der Waals surface area (Å²) >= 11 is 1.36. The van der Waals surface area contributed by atoms with E-state index in [0.29, 0.717) is 16.2 Å². The topological polar surface area (TPSA) is 26.3 Å². The number of hydrogen-bond donors (Lipinski definition) is 0. The Morgan fingerprint density at radius 1 is 1.41 bits per heavy atom. The van der Waals surface area contributed by atoms with E-state index in [2.05, 4.69) is 5.92 Å². The summed E-state index contributed by atoms with van der Waals surface area (Å²) in [5.74, 6) is 2.30. The van der Waals surface area contributed by atoms with Crippen LogP contribution >= 0.6 is 11.3 Å². The van der Waals surface area contributed by atoms with Gasteiger partial charge in [0.1, 0.15) is 10.6 Å². The number of ether oxygens (including phenoxy) is 1. The molecule has 0 bridgehead atoms. The Morgan fingerprint density at radius 3 is 2.88 bits per heavy atom. The monoisotopic (exact) mass is 241 g/mol. The summed E-state index contributed by atoms with van der Waals surface area (Å²) in [5, 5.41) is 1.90. The third kappa shape index (κ3) is 2.74. The summed E-state index contributed by atoms with van der Waals surface area (Å²) in [4.78, 5) is 12.3. The predicted octanol–water partition coefficient (Wildman–Crippen LogP) is 3.21. The average molecular weight is 241 g/mol. The highest BCUT2D eigenvalue weighted by molar-refractivity contribution is 7.12. The summed E-state index contributed by atoms with van der Waals surface area (Å²) < 4.78 is 5.20. The molecule has 2 rings (SSSR count). The van der Waals surface area contributed by atoms with Gasteiger partial charge in [-0.05, 0) is 48.6 Å². The van der Waals surface area contributed by atoms with Crippen LogP contribution in [-0.2, 0) is 0 Å². The molecule has 83 valence electrons. The van der Waals surface area contributed by atoms with Crippen molar-refractivity contribution in [1.82, 2.24) is 0 Å². The van der Waals surface area contributed by atoms with Gasteiger partial charge in [0.05, 0.1) is 0 Å². The van der Waals surface area contributed by atoms with Crippen molar-refractivity contribution in [3.05, 3.63) is 58.1 Å². The maximum absolute atomic E-state index is 11.7. The Morgan fingerprint density at radius 2 is 2.24 bits per heavy atom. The van der Waals surface area contributed by atoms with Crippen LogP contribution in [-0.4, -0.2) is 5.97 Å². The van der Waals surface area contributed by atoms with E-state index in [4.69, 9.17) is 11.2 Å². The highest BCUT2D eigenvalue weighted by Crippen LogP contribution is 2.18. The van der Waals surface area contributed by atoms with Gasteiger partial charge in [-0.25, -0.2) is 4.79 Å². The number of hydrogen-bond acceptors (Lipinski definition) is 3. The lowest BCUT2D eigenvalue weighted by atomic mass is 10.2. The minimum Gasteiger partial charge on any atom is -0.422 e. The molecule has 0 saturated carbocycles. The van der Waals surface area contributed by atoms with Gasteiger partial charge in [0, 0.05) is 5.56 Å². The second-order valence-electron chi connectivity index (χ2n) is 3.53. The molecule has 0 unspecified atom stereocenters. The van der Waals surface area contributed by atoms with E-state index in [-0.39, 0.29) is 5.97 Å². The highest BCUT2D eigenvalue weighted by atomic mass is 32.1. The molecule has 2 aromatic rings. The van der Waals surface area contributed by atoms with Crippen LogP contribution < -0.4 is 4.74 Å². The molecule has 0 fully saturated rings. The molecule has 0 aliphatic carbocycles. The maximum Gasteiger partial charge on any atom is 0.353 e. The number of benzene rings is 1. The lowest BCUT2D eigenvalue weighted by molar-refractivity contribution is 0.0740. The molecule has 1 aromatic carbocycles. The summed E-state index contributed by atoms with van der Waals surface area (Å²) in [6.07, 6.45) is 7.00. The SMILES string of the molecule is [C]#Cc1cccc(OC(=O)c2cc(C)cs2)c1. The summed E-state index contributed by atoms with van der Waals surface area (Å²) in [7, 11) is 0. The van der Waals surface area contributed by atoms with Crippen molar-refractivity contribution in [3.63, 3.8) is 0 Å². The van der Waals surface area contributed by atoms with Gasteiger partial charge in [0.2, 0.25) is 0 Å². The van der Waals surface area contributed by atoms with Crippen LogP contribution in [0.3, 0.4) is 0 Å². The normalized spacial score (nSPS) is 9.65. The number of thiophene rings is 1. The van der Waals surface area contributed by atoms with Crippen molar-refractivity contribution < 1.29 is 9.53 Å². The Bertz CT molecular complexity index is 590. The summed E-state index contributed by atoms with van der Waals surface area (Å²) in [6, 6.07) is 8.52. The predicted molar refractivity (Wildman–Crippen MR) is 66.7 cm³/mol. The van der Waals surface area contributed by atoms with Gasteiger partial charge >= 0.3 is 5.97 Å². The quantitative estimate of drug-likeness (QED) is 0.458. The Labute approximate surface area is 104 Å². The molecule has 0 aliphatic rings. The zero-order chi connectivity index (χ0) is 12.3. The molecule has 17 heavy (non-hydrogen) atoms. The Hall–Kier alpha value is -2.05. The highest BCUT2D eigenvalue weighted by Gasteiger charge is 2.10. The number of rotatable bonds is 2. The smallest absolute Gasteiger partial charge is 0.353 e. The molecule has 0 saturated heterocycles. The van der Waals surface area contributed by atoms with Gasteiger partial charge in [-0.2, -0.15) is 0 Å². The van der Waals surface area contributed by atoms with E-state index < -0.39 is 0 Å². The molecule has 0 N–H and O–H groups in total. The number of carbonyl (C=O) groups excluding carboxylic acids is 1. The van der Waals surface area contributed by atoms with E-state index in [0.717, 1.165) is 5.56 Å². The fourth-order valence-electron chi connectivity index (χ4n) is 1.33. The standard InChI is InChI=1S/C14H9O2S/c1-3-11-5-4-6-12(8-11)16-14(15)13-7-10(2)9-17-13/h4-9H,2H3. The molecule has 2 nitrogen and oxygen atoms in total. The van der Waals surface area contributed by atoms with Crippen molar-refractivity contribution >= 4 is 17.3 Å². The first-order valence-corrected chi connectivity index (χ1v) is 5.87. The molecule has 0 atom stereocenters. The number of carbonyl (C=O) groups is 1. The van der Waals surface area contributed by atoms with Gasteiger partial charge in [-0.1, -0.05) is 12.0 Å². The van der Waals surface area contributed by atoms with E-state index in [1.54, 1.807) is 30.3 Å². The van der Waals surface area contributed by atoms with E-state index in [1.165, 1.54) is 11.3 Å². The van der Waals surface area contributed by atoms with Crippen LogP contribution in [0, 0.1) is 19.3 Å². The molecule has 0 aliphatic heterocycles. The van der Waals surface area contributed by atoms with Crippen LogP contribution in [0.1, 0.15) is 20.8 Å². The molecule has 0 spiro atoms. The Balaban J connectivity index is 2.16. The fraction of sp³-hybridized carbons (Fsp3) is 0.0714. The molecule has 3 heteroatoms. The first kappa shape index (κ1) is 11.4. The third-order valence-electron chi connectivity index (χ3n) is 2.12. The van der Waals surface area contributed by atoms with Crippen LogP contribution in [0.15, 0.2) is 35.7 Å². The first-order chi connectivity index (χ1) is 8.19. The second-order valence-corrected chi connectivity index (χ2v) is 4.44. The van der Waals surface area contributed by atoms with Gasteiger partial charge in [0.25, 0.3) is 0 Å². The molecule has 1 aromatic heterocycles. The zero-order valence-corrected chi connectivity index (χ0v) is 10.0. The minimum atomic E-state index is -0.370. The van der Waals surface area contributed by atoms with E-state index in [1.807, 2.05) is 12.3 Å². The number of aryl methyl sites for hydroxylation is 1. The van der Waals surface area contributed by atoms with Crippen LogP contribution in [0.4, 0.5) is 0 Å². The number of esters is 1. The molecular formula is C14H9O2S. The largest absolute Gasteiger partial charge is 0.422 e. The fourth-order valence-corrected chi connectivity index (χ4v) is 2.11. The van der Waals surface area contributed by atoms with Crippen molar-refractivity contribution in [2.24, 2.45) is 0 Å². The van der Waals surface area contributed by atoms with Crippen molar-refractivity contribution in [2.75, 3.05) is 0 Å². The summed E-state index contributed by atoms with van der Waals surface area (Å²) in [6.45, 7) is 1.93. The average Bonchev–Trinajstić information content (AvgIpc) is 2.76. The Kier molecular flexibility index (Phi) is 3.27. The maximum atomic E-state index is 11.7.